The summed E-state index contributed by atoms with van der Waals surface area (Å²) < 4.78 is 14.5. The third kappa shape index (κ3) is 5.41. The third-order valence-electron chi connectivity index (χ3n) is 3.88. The van der Waals surface area contributed by atoms with Crippen molar-refractivity contribution in [1.29, 1.82) is 0 Å². The molecule has 1 aromatic heterocycles. The van der Waals surface area contributed by atoms with Gasteiger partial charge in [0, 0.05) is 4.90 Å². The molecule has 0 bridgehead atoms. The Morgan fingerprint density at radius 3 is 2.10 bits per heavy atom. The fraction of sp³-hybridized carbons (Fsp3) is 0.333. The second kappa shape index (κ2) is 11.3. The molecule has 3 rings (SSSR count). The number of nitrogens with zero attached hydrogens (tertiary/aromatic N) is 2. The summed E-state index contributed by atoms with van der Waals surface area (Å²) in [6.07, 6.45) is 0. The van der Waals surface area contributed by atoms with Crippen LogP contribution in [0.2, 0.25) is 0 Å². The number of phenols is 1. The standard InChI is InChI=1S/C17H16FN3O3S.2C2H6/c1-10(2)11-3-8-15(22)14(9-11)21-17(24)20(16(23)19-21)12-4-6-13(25-18)7-5-12;2*1-2/h3-10,22H,1-2H3,(H,19,23);2*1-2H3. The fourth-order valence-electron chi connectivity index (χ4n) is 2.50. The molecular weight excluding hydrogens is 393 g/mol. The zero-order chi connectivity index (χ0) is 22.1. The Morgan fingerprint density at radius 2 is 1.59 bits per heavy atom. The van der Waals surface area contributed by atoms with Crippen LogP contribution in [0.1, 0.15) is 53.0 Å². The number of rotatable bonds is 4. The summed E-state index contributed by atoms with van der Waals surface area (Å²) in [5.74, 6) is 0.0682. The van der Waals surface area contributed by atoms with Crippen molar-refractivity contribution in [1.82, 2.24) is 14.3 Å². The van der Waals surface area contributed by atoms with Crippen molar-refractivity contribution in [3.8, 4) is 17.1 Å². The van der Waals surface area contributed by atoms with Crippen LogP contribution in [0, 0.1) is 0 Å². The molecule has 0 spiro atoms. The molecule has 8 heteroatoms. The predicted octanol–water partition coefficient (Wildman–Crippen LogP) is 5.17. The Hall–Kier alpha value is -2.74. The SMILES string of the molecule is CC.CC.CC(C)c1ccc(O)c(-n2[nH]c(=O)n(-c3ccc(SF)cc3)c2=O)c1. The maximum Gasteiger partial charge on any atom is 0.356 e. The summed E-state index contributed by atoms with van der Waals surface area (Å²) in [4.78, 5) is 25.3. The van der Waals surface area contributed by atoms with Crippen molar-refractivity contribution in [3.05, 3.63) is 69.0 Å². The molecule has 6 nitrogen and oxygen atoms in total. The number of aromatic nitrogens is 3. The third-order valence-corrected chi connectivity index (χ3v) is 4.33. The summed E-state index contributed by atoms with van der Waals surface area (Å²) in [6, 6.07) is 10.8. The van der Waals surface area contributed by atoms with Crippen LogP contribution in [-0.4, -0.2) is 19.5 Å². The van der Waals surface area contributed by atoms with Crippen LogP contribution in [0.4, 0.5) is 3.89 Å². The van der Waals surface area contributed by atoms with Crippen LogP contribution in [-0.2, 0) is 0 Å². The Balaban J connectivity index is 0.000000989. The number of hydrogen-bond acceptors (Lipinski definition) is 4. The molecule has 0 amide bonds. The molecule has 0 aliphatic carbocycles. The van der Waals surface area contributed by atoms with Gasteiger partial charge in [0.2, 0.25) is 0 Å². The Kier molecular flexibility index (Phi) is 9.47. The van der Waals surface area contributed by atoms with Crippen molar-refractivity contribution in [2.75, 3.05) is 0 Å². The molecule has 0 unspecified atom stereocenters. The van der Waals surface area contributed by atoms with Gasteiger partial charge in [-0.3, -0.25) is 0 Å². The highest BCUT2D eigenvalue weighted by atomic mass is 32.2. The number of halogens is 1. The predicted molar refractivity (Wildman–Crippen MR) is 117 cm³/mol. The number of benzene rings is 2. The molecule has 0 atom stereocenters. The molecule has 29 heavy (non-hydrogen) atoms. The minimum Gasteiger partial charge on any atom is -0.506 e. The molecule has 2 aromatic carbocycles. The van der Waals surface area contributed by atoms with Gasteiger partial charge >= 0.3 is 11.4 Å². The van der Waals surface area contributed by atoms with Gasteiger partial charge in [0.25, 0.3) is 0 Å². The minimum atomic E-state index is -0.653. The molecular formula is C21H28FN3O3S. The summed E-state index contributed by atoms with van der Waals surface area (Å²) in [5.41, 5.74) is 0.116. The van der Waals surface area contributed by atoms with Crippen LogP contribution < -0.4 is 11.4 Å². The van der Waals surface area contributed by atoms with E-state index in [1.54, 1.807) is 12.1 Å². The van der Waals surface area contributed by atoms with Gasteiger partial charge in [-0.15, -0.1) is 0 Å². The van der Waals surface area contributed by atoms with Crippen molar-refractivity contribution in [2.24, 2.45) is 0 Å². The Labute approximate surface area is 174 Å². The molecule has 0 aliphatic heterocycles. The number of aromatic hydroxyl groups is 1. The van der Waals surface area contributed by atoms with Crippen LogP contribution in [0.3, 0.4) is 0 Å². The van der Waals surface area contributed by atoms with E-state index in [1.165, 1.54) is 30.3 Å². The molecule has 0 saturated heterocycles. The maximum atomic E-state index is 12.7. The molecule has 0 saturated carbocycles. The first-order valence-corrected chi connectivity index (χ1v) is 10.3. The van der Waals surface area contributed by atoms with E-state index in [0.717, 1.165) is 14.8 Å². The number of aromatic amines is 1. The lowest BCUT2D eigenvalue weighted by Gasteiger charge is -2.09. The average Bonchev–Trinajstić information content (AvgIpc) is 3.05. The number of phenolic OH excluding ortho intramolecular Hbond substituents is 1. The van der Waals surface area contributed by atoms with Gasteiger partial charge in [-0.2, -0.15) is 8.57 Å². The van der Waals surface area contributed by atoms with Gasteiger partial charge in [-0.05, 0) is 47.9 Å². The van der Waals surface area contributed by atoms with Gasteiger partial charge in [-0.25, -0.2) is 19.3 Å². The zero-order valence-corrected chi connectivity index (χ0v) is 18.4. The summed E-state index contributed by atoms with van der Waals surface area (Å²) in [6.45, 7) is 12.0. The first kappa shape index (κ1) is 24.3. The van der Waals surface area contributed by atoms with Crippen LogP contribution in [0.25, 0.3) is 11.4 Å². The lowest BCUT2D eigenvalue weighted by atomic mass is 10.0. The van der Waals surface area contributed by atoms with E-state index in [4.69, 9.17) is 0 Å². The molecule has 0 aliphatic rings. The lowest BCUT2D eigenvalue weighted by Crippen LogP contribution is -2.26. The highest BCUT2D eigenvalue weighted by Gasteiger charge is 2.16. The van der Waals surface area contributed by atoms with Crippen LogP contribution >= 0.6 is 12.1 Å². The van der Waals surface area contributed by atoms with Gasteiger partial charge in [-0.1, -0.05) is 47.6 Å². The first-order chi connectivity index (χ1) is 13.9. The fourth-order valence-corrected chi connectivity index (χ4v) is 2.74. The Morgan fingerprint density at radius 1 is 1.00 bits per heavy atom. The average molecular weight is 422 g/mol. The van der Waals surface area contributed by atoms with Gasteiger partial charge in [0.1, 0.15) is 11.4 Å². The van der Waals surface area contributed by atoms with E-state index >= 15 is 0 Å². The molecule has 0 radical (unpaired) electrons. The highest BCUT2D eigenvalue weighted by molar-refractivity contribution is 7.94. The smallest absolute Gasteiger partial charge is 0.356 e. The van der Waals surface area contributed by atoms with E-state index in [-0.39, 0.29) is 29.5 Å². The summed E-state index contributed by atoms with van der Waals surface area (Å²) >= 11 is 0.0778. The largest absolute Gasteiger partial charge is 0.506 e. The van der Waals surface area contributed by atoms with Crippen molar-refractivity contribution < 1.29 is 8.99 Å². The molecule has 1 heterocycles. The lowest BCUT2D eigenvalue weighted by molar-refractivity contribution is 0.469. The highest BCUT2D eigenvalue weighted by Crippen LogP contribution is 2.25. The van der Waals surface area contributed by atoms with Gasteiger partial charge in [0.15, 0.2) is 0 Å². The summed E-state index contributed by atoms with van der Waals surface area (Å²) in [5, 5.41) is 12.5. The van der Waals surface area contributed by atoms with Gasteiger partial charge in [0.05, 0.1) is 17.8 Å². The van der Waals surface area contributed by atoms with Crippen LogP contribution in [0.15, 0.2) is 56.9 Å². The van der Waals surface area contributed by atoms with E-state index in [2.05, 4.69) is 5.10 Å². The van der Waals surface area contributed by atoms with Crippen molar-refractivity contribution in [3.63, 3.8) is 0 Å². The second-order valence-corrected chi connectivity index (χ2v) is 6.47. The monoisotopic (exact) mass is 421 g/mol. The normalized spacial score (nSPS) is 10.1. The zero-order valence-electron chi connectivity index (χ0n) is 17.6. The molecule has 0 fully saturated rings. The molecule has 158 valence electrons. The Bertz CT molecular complexity index is 1020. The number of H-pyrrole nitrogens is 1. The number of nitrogens with one attached hydrogen (secondary N) is 1. The number of hydrogen-bond donors (Lipinski definition) is 2. The van der Waals surface area contributed by atoms with Gasteiger partial charge < -0.3 is 5.11 Å². The van der Waals surface area contributed by atoms with E-state index in [0.29, 0.717) is 10.6 Å². The second-order valence-electron chi connectivity index (χ2n) is 5.84. The molecule has 3 aromatic rings. The topological polar surface area (TPSA) is 80.0 Å². The first-order valence-electron chi connectivity index (χ1n) is 9.58. The van der Waals surface area contributed by atoms with E-state index < -0.39 is 11.4 Å². The summed E-state index contributed by atoms with van der Waals surface area (Å²) in [7, 11) is 0. The van der Waals surface area contributed by atoms with Crippen molar-refractivity contribution in [2.45, 2.75) is 52.4 Å². The van der Waals surface area contributed by atoms with Crippen LogP contribution in [0.5, 0.6) is 5.75 Å². The van der Waals surface area contributed by atoms with Crippen molar-refractivity contribution >= 4 is 12.1 Å². The molecule has 2 N–H and O–H groups in total. The van der Waals surface area contributed by atoms with E-state index in [1.807, 2.05) is 41.5 Å². The van der Waals surface area contributed by atoms with E-state index in [9.17, 15) is 18.6 Å². The quantitative estimate of drug-likeness (QED) is 0.609. The maximum absolute atomic E-state index is 12.7. The minimum absolute atomic E-state index is 0.0778.